The van der Waals surface area contributed by atoms with Gasteiger partial charge >= 0.3 is 5.97 Å². The number of carbonyl (C=O) groups excluding carboxylic acids is 3. The Bertz CT molecular complexity index is 831. The van der Waals surface area contributed by atoms with E-state index in [0.717, 1.165) is 37.7 Å². The van der Waals surface area contributed by atoms with E-state index in [1.54, 1.807) is 0 Å². The van der Waals surface area contributed by atoms with Crippen LogP contribution in [0.25, 0.3) is 0 Å². The summed E-state index contributed by atoms with van der Waals surface area (Å²) in [5, 5.41) is 0. The molecule has 0 unspecified atom stereocenters. The number of carbonyl (C=O) groups is 3. The Morgan fingerprint density at radius 2 is 1.74 bits per heavy atom. The number of ether oxygens (including phenoxy) is 1. The van der Waals surface area contributed by atoms with Crippen LogP contribution in [-0.4, -0.2) is 58.7 Å². The highest BCUT2D eigenvalue weighted by Gasteiger charge is 2.62. The Kier molecular flexibility index (Phi) is 6.20. The molecule has 0 radical (unpaired) electrons. The fraction of sp³-hybridized carbons (Fsp3) is 0.640. The van der Waals surface area contributed by atoms with E-state index in [2.05, 4.69) is 30.9 Å². The minimum atomic E-state index is -1.41. The van der Waals surface area contributed by atoms with Crippen molar-refractivity contribution in [2.75, 3.05) is 7.11 Å². The molecule has 0 saturated carbocycles. The maximum atomic E-state index is 13.5. The van der Waals surface area contributed by atoms with Crippen molar-refractivity contribution in [2.24, 2.45) is 5.41 Å². The van der Waals surface area contributed by atoms with Crippen LogP contribution in [0.4, 0.5) is 0 Å². The molecule has 4 rings (SSSR count). The largest absolute Gasteiger partial charge is 0.468 e. The molecule has 3 aliphatic heterocycles. The van der Waals surface area contributed by atoms with Crippen molar-refractivity contribution in [2.45, 2.75) is 89.5 Å². The van der Waals surface area contributed by atoms with Crippen LogP contribution in [0.15, 0.2) is 30.3 Å². The van der Waals surface area contributed by atoms with Gasteiger partial charge in [-0.15, -0.1) is 0 Å². The summed E-state index contributed by atoms with van der Waals surface area (Å²) in [6.07, 6.45) is 4.83. The van der Waals surface area contributed by atoms with Gasteiger partial charge in [0.15, 0.2) is 11.2 Å². The Hall–Kier alpha value is -2.21. The summed E-state index contributed by atoms with van der Waals surface area (Å²) >= 11 is 0. The van der Waals surface area contributed by atoms with Crippen LogP contribution in [0.2, 0.25) is 0 Å². The predicted molar refractivity (Wildman–Crippen MR) is 117 cm³/mol. The molecule has 3 saturated heterocycles. The molecule has 3 aliphatic rings. The Morgan fingerprint density at radius 1 is 1.06 bits per heavy atom. The molecule has 168 valence electrons. The van der Waals surface area contributed by atoms with Crippen LogP contribution < -0.4 is 0 Å². The smallest absolute Gasteiger partial charge is 0.321 e. The van der Waals surface area contributed by atoms with Crippen LogP contribution in [0.3, 0.4) is 0 Å². The zero-order valence-electron chi connectivity index (χ0n) is 18.9. The van der Waals surface area contributed by atoms with Gasteiger partial charge in [-0.25, -0.2) is 0 Å². The zero-order valence-corrected chi connectivity index (χ0v) is 18.9. The van der Waals surface area contributed by atoms with Gasteiger partial charge in [0.1, 0.15) is 0 Å². The molecular weight excluding hydrogens is 392 g/mol. The number of hydrogen-bond donors (Lipinski definition) is 0. The number of benzene rings is 1. The number of hydrogen-bond acceptors (Lipinski definition) is 5. The molecule has 0 aliphatic carbocycles. The average Bonchev–Trinajstić information content (AvgIpc) is 3.07. The second kappa shape index (κ2) is 8.73. The number of ketones is 1. The van der Waals surface area contributed by atoms with Gasteiger partial charge in [-0.3, -0.25) is 19.3 Å². The lowest BCUT2D eigenvalue weighted by Crippen LogP contribution is -2.62. The van der Waals surface area contributed by atoms with E-state index in [9.17, 15) is 14.4 Å². The molecule has 5 atom stereocenters. The number of fused-ring (bicyclic) bond motifs is 2. The van der Waals surface area contributed by atoms with Gasteiger partial charge in [-0.05, 0) is 51.5 Å². The standard InChI is InChI=1S/C25H34N2O4/c1-17-8-7-9-18(2)27(17)23(29)15-25(24(30)31-3)21-13-12-20(14-22(25)28)26(21)16-19-10-5-4-6-11-19/h4-6,10-11,17-18,20-21H,7-9,12-16H2,1-3H3/t17-,18-,20+,21+,25-/m0/s1. The van der Waals surface area contributed by atoms with Crippen LogP contribution in [0.5, 0.6) is 0 Å². The molecule has 1 amide bonds. The second-order valence-electron chi connectivity index (χ2n) is 9.60. The van der Waals surface area contributed by atoms with Gasteiger partial charge in [0.05, 0.1) is 13.5 Å². The molecule has 3 heterocycles. The van der Waals surface area contributed by atoms with Crippen molar-refractivity contribution < 1.29 is 19.1 Å². The molecule has 0 aromatic heterocycles. The molecule has 3 fully saturated rings. The molecule has 0 N–H and O–H groups in total. The van der Waals surface area contributed by atoms with E-state index in [1.807, 2.05) is 23.1 Å². The SMILES string of the molecule is COC(=O)[C@]1(CC(=O)N2[C@@H](C)CCC[C@@H]2C)C(=O)C[C@H]2CC[C@H]1N2Cc1ccccc1. The first kappa shape index (κ1) is 22.0. The van der Waals surface area contributed by atoms with E-state index in [-0.39, 0.29) is 42.3 Å². The number of esters is 1. The summed E-state index contributed by atoms with van der Waals surface area (Å²) in [6, 6.07) is 10.2. The highest BCUT2D eigenvalue weighted by atomic mass is 16.5. The molecular formula is C25H34N2O4. The zero-order chi connectivity index (χ0) is 22.2. The van der Waals surface area contributed by atoms with E-state index in [1.165, 1.54) is 7.11 Å². The molecule has 6 heteroatoms. The minimum Gasteiger partial charge on any atom is -0.468 e. The lowest BCUT2D eigenvalue weighted by Gasteiger charge is -2.47. The lowest BCUT2D eigenvalue weighted by molar-refractivity contribution is -0.172. The highest BCUT2D eigenvalue weighted by Crippen LogP contribution is 2.48. The Balaban J connectivity index is 1.66. The number of piperidine rings is 2. The van der Waals surface area contributed by atoms with Crippen molar-refractivity contribution in [3.8, 4) is 0 Å². The second-order valence-corrected chi connectivity index (χ2v) is 9.60. The van der Waals surface area contributed by atoms with Gasteiger partial charge in [0.2, 0.25) is 5.91 Å². The van der Waals surface area contributed by atoms with Gasteiger partial charge < -0.3 is 9.64 Å². The summed E-state index contributed by atoms with van der Waals surface area (Å²) < 4.78 is 5.20. The Labute approximate surface area is 184 Å². The first-order chi connectivity index (χ1) is 14.9. The Morgan fingerprint density at radius 3 is 2.39 bits per heavy atom. The number of nitrogens with zero attached hydrogens (tertiary/aromatic N) is 2. The maximum Gasteiger partial charge on any atom is 0.321 e. The molecule has 6 nitrogen and oxygen atoms in total. The third-order valence-electron chi connectivity index (χ3n) is 7.80. The van der Waals surface area contributed by atoms with E-state index < -0.39 is 11.4 Å². The van der Waals surface area contributed by atoms with Gasteiger partial charge in [0.25, 0.3) is 0 Å². The summed E-state index contributed by atoms with van der Waals surface area (Å²) in [7, 11) is 1.33. The first-order valence-corrected chi connectivity index (χ1v) is 11.6. The maximum absolute atomic E-state index is 13.5. The average molecular weight is 427 g/mol. The highest BCUT2D eigenvalue weighted by molar-refractivity contribution is 6.08. The molecule has 2 bridgehead atoms. The van der Waals surface area contributed by atoms with E-state index in [0.29, 0.717) is 13.0 Å². The monoisotopic (exact) mass is 426 g/mol. The fourth-order valence-corrected chi connectivity index (χ4v) is 6.26. The molecule has 0 spiro atoms. The van der Waals surface area contributed by atoms with E-state index >= 15 is 0 Å². The number of amides is 1. The third-order valence-corrected chi connectivity index (χ3v) is 7.80. The number of rotatable bonds is 5. The van der Waals surface area contributed by atoms with Crippen molar-refractivity contribution in [1.29, 1.82) is 0 Å². The van der Waals surface area contributed by atoms with Crippen LogP contribution in [-0.2, 0) is 25.7 Å². The van der Waals surface area contributed by atoms with Crippen LogP contribution in [0.1, 0.15) is 64.4 Å². The third kappa shape index (κ3) is 3.79. The molecule has 31 heavy (non-hydrogen) atoms. The molecule has 1 aromatic carbocycles. The van der Waals surface area contributed by atoms with Crippen LogP contribution >= 0.6 is 0 Å². The number of methoxy groups -OCH3 is 1. The van der Waals surface area contributed by atoms with Crippen LogP contribution in [0, 0.1) is 5.41 Å². The quantitative estimate of drug-likeness (QED) is 0.534. The first-order valence-electron chi connectivity index (χ1n) is 11.6. The topological polar surface area (TPSA) is 66.9 Å². The van der Waals surface area contributed by atoms with Crippen molar-refractivity contribution in [3.05, 3.63) is 35.9 Å². The fourth-order valence-electron chi connectivity index (χ4n) is 6.26. The number of likely N-dealkylation sites (tertiary alicyclic amines) is 1. The van der Waals surface area contributed by atoms with Crippen molar-refractivity contribution in [1.82, 2.24) is 9.80 Å². The normalized spacial score (nSPS) is 33.4. The summed E-state index contributed by atoms with van der Waals surface area (Å²) in [4.78, 5) is 44.4. The predicted octanol–water partition coefficient (Wildman–Crippen LogP) is 3.33. The molecule has 1 aromatic rings. The lowest BCUT2D eigenvalue weighted by atomic mass is 9.69. The van der Waals surface area contributed by atoms with Gasteiger partial charge in [0, 0.05) is 37.1 Å². The van der Waals surface area contributed by atoms with Gasteiger partial charge in [-0.1, -0.05) is 30.3 Å². The minimum absolute atomic E-state index is 0.0874. The summed E-state index contributed by atoms with van der Waals surface area (Å²) in [5.41, 5.74) is -0.262. The summed E-state index contributed by atoms with van der Waals surface area (Å²) in [6.45, 7) is 4.80. The number of Topliss-reactive ketones (excluding diaryl/α,β-unsaturated/α-hetero) is 1. The van der Waals surface area contributed by atoms with E-state index in [4.69, 9.17) is 4.74 Å². The van der Waals surface area contributed by atoms with Crippen molar-refractivity contribution >= 4 is 17.7 Å². The summed E-state index contributed by atoms with van der Waals surface area (Å²) in [5.74, 6) is -0.767. The van der Waals surface area contributed by atoms with Gasteiger partial charge in [-0.2, -0.15) is 0 Å². The van der Waals surface area contributed by atoms with Crippen molar-refractivity contribution in [3.63, 3.8) is 0 Å².